The molecule has 35 heavy (non-hydrogen) atoms. The Morgan fingerprint density at radius 3 is 2.46 bits per heavy atom. The smallest absolute Gasteiger partial charge is 0.411 e. The number of ether oxygens (including phenoxy) is 2. The highest BCUT2D eigenvalue weighted by molar-refractivity contribution is 6.34. The summed E-state index contributed by atoms with van der Waals surface area (Å²) in [6.45, 7) is 1.74. The van der Waals surface area contributed by atoms with Crippen LogP contribution in [0.1, 0.15) is 26.3 Å². The van der Waals surface area contributed by atoms with Crippen molar-refractivity contribution in [1.29, 1.82) is 0 Å². The van der Waals surface area contributed by atoms with Gasteiger partial charge in [0.25, 0.3) is 5.91 Å². The van der Waals surface area contributed by atoms with Gasteiger partial charge in [-0.1, -0.05) is 23.7 Å². The van der Waals surface area contributed by atoms with Crippen LogP contribution < -0.4 is 5.32 Å². The number of fused-ring (bicyclic) bond motifs is 1. The molecule has 0 saturated carbocycles. The number of halogens is 2. The number of esters is 1. The summed E-state index contributed by atoms with van der Waals surface area (Å²) in [4.78, 5) is 37.0. The third kappa shape index (κ3) is 4.45. The van der Waals surface area contributed by atoms with Crippen molar-refractivity contribution in [3.8, 4) is 11.3 Å². The van der Waals surface area contributed by atoms with E-state index in [0.29, 0.717) is 22.2 Å². The molecule has 0 unspecified atom stereocenters. The van der Waals surface area contributed by atoms with Gasteiger partial charge in [-0.05, 0) is 55.0 Å². The molecule has 178 valence electrons. The second-order valence-corrected chi connectivity index (χ2v) is 7.94. The maximum absolute atomic E-state index is 15.1. The zero-order valence-electron chi connectivity index (χ0n) is 18.9. The molecular formula is C25H19ClFN3O5. The van der Waals surface area contributed by atoms with E-state index in [2.05, 4.69) is 19.9 Å². The highest BCUT2D eigenvalue weighted by Gasteiger charge is 2.24. The van der Waals surface area contributed by atoms with Crippen molar-refractivity contribution in [2.24, 2.45) is 0 Å². The summed E-state index contributed by atoms with van der Waals surface area (Å²) in [6.07, 6.45) is -0.701. The third-order valence-electron chi connectivity index (χ3n) is 5.39. The second kappa shape index (κ2) is 9.55. The topological polar surface area (TPSA) is 99.5 Å². The van der Waals surface area contributed by atoms with Gasteiger partial charge < -0.3 is 9.47 Å². The van der Waals surface area contributed by atoms with Gasteiger partial charge in [0.05, 0.1) is 35.9 Å². The first-order valence-corrected chi connectivity index (χ1v) is 10.7. The summed E-state index contributed by atoms with van der Waals surface area (Å²) in [5, 5.41) is 7.62. The van der Waals surface area contributed by atoms with Gasteiger partial charge in [0.15, 0.2) is 0 Å². The number of carbonyl (C=O) groups excluding carboxylic acids is 3. The zero-order valence-corrected chi connectivity index (χ0v) is 19.6. The summed E-state index contributed by atoms with van der Waals surface area (Å²) in [5.41, 5.74) is 1.76. The van der Waals surface area contributed by atoms with Crippen LogP contribution in [0.15, 0.2) is 54.6 Å². The highest BCUT2D eigenvalue weighted by atomic mass is 35.5. The number of nitrogens with zero attached hydrogens (tertiary/aromatic N) is 2. The monoisotopic (exact) mass is 495 g/mol. The SMILES string of the molecule is COC(=O)Nc1ccc2c(-c3ccc(C(=O)OC)cc3F)nn(C(=O)c3c(C)cccc3Cl)c2c1. The minimum absolute atomic E-state index is 0.0322. The third-order valence-corrected chi connectivity index (χ3v) is 5.70. The van der Waals surface area contributed by atoms with E-state index in [0.717, 1.165) is 10.7 Å². The maximum atomic E-state index is 15.1. The fraction of sp³-hybridized carbons (Fsp3) is 0.120. The number of hydrogen-bond donors (Lipinski definition) is 1. The normalized spacial score (nSPS) is 10.8. The lowest BCUT2D eigenvalue weighted by Crippen LogP contribution is -2.16. The Bertz CT molecular complexity index is 1480. The number of nitrogens with one attached hydrogen (secondary N) is 1. The molecule has 0 saturated heterocycles. The first-order chi connectivity index (χ1) is 16.7. The van der Waals surface area contributed by atoms with Crippen LogP contribution in [0.5, 0.6) is 0 Å². The van der Waals surface area contributed by atoms with Crippen LogP contribution in [0, 0.1) is 12.7 Å². The first-order valence-electron chi connectivity index (χ1n) is 10.3. The van der Waals surface area contributed by atoms with E-state index in [1.54, 1.807) is 37.3 Å². The second-order valence-electron chi connectivity index (χ2n) is 7.53. The van der Waals surface area contributed by atoms with Gasteiger partial charge in [-0.3, -0.25) is 10.1 Å². The Balaban J connectivity index is 1.94. The van der Waals surface area contributed by atoms with Crippen molar-refractivity contribution in [2.45, 2.75) is 6.92 Å². The Hall–Kier alpha value is -4.24. The Labute approximate surface area is 204 Å². The molecular weight excluding hydrogens is 477 g/mol. The number of aryl methyl sites for hydroxylation is 1. The lowest BCUT2D eigenvalue weighted by atomic mass is 10.0. The summed E-state index contributed by atoms with van der Waals surface area (Å²) in [5.74, 6) is -1.95. The first kappa shape index (κ1) is 23.9. The number of methoxy groups -OCH3 is 2. The molecule has 3 aromatic carbocycles. The minimum atomic E-state index is -0.724. The number of benzene rings is 3. The van der Waals surface area contributed by atoms with E-state index < -0.39 is 23.8 Å². The van der Waals surface area contributed by atoms with E-state index in [1.807, 2.05) is 0 Å². The van der Waals surface area contributed by atoms with Gasteiger partial charge in [0.2, 0.25) is 0 Å². The molecule has 4 aromatic rings. The molecule has 1 aromatic heterocycles. The lowest BCUT2D eigenvalue weighted by Gasteiger charge is -2.09. The van der Waals surface area contributed by atoms with Crippen LogP contribution >= 0.6 is 11.6 Å². The van der Waals surface area contributed by atoms with Crippen molar-refractivity contribution >= 4 is 46.2 Å². The quantitative estimate of drug-likeness (QED) is 0.377. The van der Waals surface area contributed by atoms with Gasteiger partial charge in [0, 0.05) is 16.6 Å². The number of amides is 1. The average Bonchev–Trinajstić information content (AvgIpc) is 3.21. The molecule has 0 radical (unpaired) electrons. The van der Waals surface area contributed by atoms with Crippen molar-refractivity contribution < 1.29 is 28.2 Å². The van der Waals surface area contributed by atoms with Gasteiger partial charge >= 0.3 is 12.1 Å². The number of anilines is 1. The summed E-state index contributed by atoms with van der Waals surface area (Å²) < 4.78 is 25.5. The number of hydrogen-bond acceptors (Lipinski definition) is 6. The van der Waals surface area contributed by atoms with Crippen molar-refractivity contribution in [1.82, 2.24) is 9.78 Å². The van der Waals surface area contributed by atoms with Crippen LogP contribution in [-0.2, 0) is 9.47 Å². The Morgan fingerprint density at radius 1 is 1.03 bits per heavy atom. The van der Waals surface area contributed by atoms with Crippen molar-refractivity contribution in [3.05, 3.63) is 82.1 Å². The van der Waals surface area contributed by atoms with Crippen LogP contribution in [0.25, 0.3) is 22.2 Å². The number of rotatable bonds is 4. The average molecular weight is 496 g/mol. The van der Waals surface area contributed by atoms with E-state index >= 15 is 4.39 Å². The molecule has 0 fully saturated rings. The van der Waals surface area contributed by atoms with Crippen molar-refractivity contribution in [3.63, 3.8) is 0 Å². The number of carbonyl (C=O) groups is 3. The molecule has 0 bridgehead atoms. The maximum Gasteiger partial charge on any atom is 0.411 e. The summed E-state index contributed by atoms with van der Waals surface area (Å²) >= 11 is 6.31. The predicted octanol–water partition coefficient (Wildman–Crippen LogP) is 5.46. The molecule has 0 atom stereocenters. The molecule has 0 aliphatic heterocycles. The fourth-order valence-corrected chi connectivity index (χ4v) is 3.98. The van der Waals surface area contributed by atoms with Crippen molar-refractivity contribution in [2.75, 3.05) is 19.5 Å². The van der Waals surface area contributed by atoms with E-state index in [4.69, 9.17) is 11.6 Å². The minimum Gasteiger partial charge on any atom is -0.465 e. The zero-order chi connectivity index (χ0) is 25.3. The molecule has 1 N–H and O–H groups in total. The van der Waals surface area contributed by atoms with Gasteiger partial charge in [0.1, 0.15) is 11.5 Å². The van der Waals surface area contributed by atoms with Gasteiger partial charge in [-0.25, -0.2) is 14.0 Å². The van der Waals surface area contributed by atoms with Crippen LogP contribution in [-0.4, -0.2) is 42.0 Å². The largest absolute Gasteiger partial charge is 0.465 e. The molecule has 1 heterocycles. The molecule has 10 heteroatoms. The Kier molecular flexibility index (Phi) is 6.52. The fourth-order valence-electron chi connectivity index (χ4n) is 3.68. The van der Waals surface area contributed by atoms with Crippen LogP contribution in [0.3, 0.4) is 0 Å². The molecule has 0 spiro atoms. The van der Waals surface area contributed by atoms with E-state index in [1.165, 1.54) is 32.4 Å². The highest BCUT2D eigenvalue weighted by Crippen LogP contribution is 2.33. The molecule has 0 aliphatic rings. The van der Waals surface area contributed by atoms with E-state index in [9.17, 15) is 14.4 Å². The molecule has 4 rings (SSSR count). The van der Waals surface area contributed by atoms with Gasteiger partial charge in [-0.2, -0.15) is 9.78 Å². The summed E-state index contributed by atoms with van der Waals surface area (Å²) in [7, 11) is 2.42. The molecule has 0 aliphatic carbocycles. The van der Waals surface area contributed by atoms with Crippen LogP contribution in [0.4, 0.5) is 14.9 Å². The predicted molar refractivity (Wildman–Crippen MR) is 128 cm³/mol. The lowest BCUT2D eigenvalue weighted by molar-refractivity contribution is 0.0600. The number of aromatic nitrogens is 2. The summed E-state index contributed by atoms with van der Waals surface area (Å²) in [6, 6.07) is 13.6. The molecule has 8 nitrogen and oxygen atoms in total. The molecule has 1 amide bonds. The Morgan fingerprint density at radius 2 is 1.80 bits per heavy atom. The van der Waals surface area contributed by atoms with E-state index in [-0.39, 0.29) is 27.4 Å². The van der Waals surface area contributed by atoms with Crippen LogP contribution in [0.2, 0.25) is 5.02 Å². The standard InChI is InChI=1S/C25H19ClFN3O5/c1-13-5-4-6-18(26)21(13)23(31)30-20-12-15(28-25(33)35-3)8-10-17(20)22(29-30)16-9-7-14(11-19(16)27)24(32)34-2/h4-12H,1-3H3,(H,28,33). The van der Waals surface area contributed by atoms with Gasteiger partial charge in [-0.15, -0.1) is 0 Å².